The van der Waals surface area contributed by atoms with E-state index in [2.05, 4.69) is 124 Å². The van der Waals surface area contributed by atoms with Crippen LogP contribution in [0.1, 0.15) is 84.5 Å². The van der Waals surface area contributed by atoms with Crippen molar-refractivity contribution < 1.29 is 0 Å². The topological polar surface area (TPSA) is 0 Å². The zero-order chi connectivity index (χ0) is 25.2. The first-order valence-corrected chi connectivity index (χ1v) is 16.2. The first kappa shape index (κ1) is 25.0. The Morgan fingerprint density at radius 3 is 1.82 bits per heavy atom. The van der Waals surface area contributed by atoms with Crippen LogP contribution in [-0.2, 0) is 5.41 Å². The SMILES string of the molecule is CC1=C(C)C([Si](C)(C)C2C(C(C)C)=Cc3c(-c4ccc(C(C)(C)C)cc4)cccc32)C(C)=C1C. The molecule has 2 aliphatic rings. The van der Waals surface area contributed by atoms with Gasteiger partial charge in [0.15, 0.2) is 0 Å². The molecule has 1 unspecified atom stereocenters. The van der Waals surface area contributed by atoms with E-state index in [0.717, 1.165) is 0 Å². The second-order valence-electron chi connectivity index (χ2n) is 12.7. The monoisotopic (exact) mass is 468 g/mol. The van der Waals surface area contributed by atoms with Gasteiger partial charge in [-0.1, -0.05) is 113 Å². The van der Waals surface area contributed by atoms with Crippen LogP contribution in [-0.4, -0.2) is 8.07 Å². The smallest absolute Gasteiger partial charge is 0.0679 e. The fourth-order valence-electron chi connectivity index (χ4n) is 6.79. The Morgan fingerprint density at radius 2 is 1.32 bits per heavy atom. The molecule has 0 N–H and O–H groups in total. The van der Waals surface area contributed by atoms with Crippen LogP contribution < -0.4 is 0 Å². The van der Waals surface area contributed by atoms with Gasteiger partial charge in [0.1, 0.15) is 0 Å². The fraction of sp³-hybridized carbons (Fsp3) is 0.455. The molecule has 2 aromatic rings. The standard InChI is InChI=1S/C33H44Si/c1-20(2)29-19-30-27(25-15-17-26(18-16-25)33(7,8)9)13-12-14-28(30)32(29)34(10,11)31-23(5)21(3)22(4)24(31)6/h12-20,31-32H,1-11H3. The molecule has 0 radical (unpaired) electrons. The molecule has 0 nitrogen and oxygen atoms in total. The molecule has 4 rings (SSSR count). The highest BCUT2D eigenvalue weighted by Crippen LogP contribution is 2.56. The maximum absolute atomic E-state index is 2.65. The fourth-order valence-corrected chi connectivity index (χ4v) is 12.1. The van der Waals surface area contributed by atoms with Gasteiger partial charge >= 0.3 is 0 Å². The summed E-state index contributed by atoms with van der Waals surface area (Å²) in [4.78, 5) is 0. The van der Waals surface area contributed by atoms with Crippen LogP contribution in [0, 0.1) is 5.92 Å². The van der Waals surface area contributed by atoms with Gasteiger partial charge in [-0.05, 0) is 83.5 Å². The van der Waals surface area contributed by atoms with Crippen molar-refractivity contribution in [3.63, 3.8) is 0 Å². The molecule has 0 heterocycles. The molecule has 2 aromatic carbocycles. The summed E-state index contributed by atoms with van der Waals surface area (Å²) in [5, 5.41) is 0. The van der Waals surface area contributed by atoms with Gasteiger partial charge in [-0.25, -0.2) is 0 Å². The lowest BCUT2D eigenvalue weighted by molar-refractivity contribution is 0.590. The quantitative estimate of drug-likeness (QED) is 0.391. The van der Waals surface area contributed by atoms with Crippen LogP contribution in [0.25, 0.3) is 17.2 Å². The van der Waals surface area contributed by atoms with Crippen molar-refractivity contribution in [3.05, 3.63) is 87.0 Å². The molecule has 2 aliphatic carbocycles. The van der Waals surface area contributed by atoms with E-state index in [1.165, 1.54) is 33.4 Å². The molecule has 0 aliphatic heterocycles. The van der Waals surface area contributed by atoms with Crippen LogP contribution in [0.4, 0.5) is 0 Å². The van der Waals surface area contributed by atoms with Crippen molar-refractivity contribution in [2.45, 2.75) is 91.9 Å². The lowest BCUT2D eigenvalue weighted by Gasteiger charge is -2.41. The van der Waals surface area contributed by atoms with E-state index >= 15 is 0 Å². The van der Waals surface area contributed by atoms with Gasteiger partial charge in [-0.3, -0.25) is 0 Å². The summed E-state index contributed by atoms with van der Waals surface area (Å²) in [6.45, 7) is 26.4. The van der Waals surface area contributed by atoms with Gasteiger partial charge in [0.05, 0.1) is 8.07 Å². The molecule has 0 spiro atoms. The van der Waals surface area contributed by atoms with E-state index in [1.54, 1.807) is 22.3 Å². The predicted octanol–water partition coefficient (Wildman–Crippen LogP) is 10.1. The molecule has 180 valence electrons. The number of rotatable bonds is 4. The molecule has 1 atom stereocenters. The highest BCUT2D eigenvalue weighted by atomic mass is 28.3. The number of hydrogen-bond acceptors (Lipinski definition) is 0. The normalized spacial score (nSPS) is 19.4. The molecule has 34 heavy (non-hydrogen) atoms. The molecule has 0 saturated carbocycles. The van der Waals surface area contributed by atoms with E-state index in [4.69, 9.17) is 0 Å². The van der Waals surface area contributed by atoms with Crippen LogP contribution in [0.5, 0.6) is 0 Å². The highest BCUT2D eigenvalue weighted by Gasteiger charge is 2.48. The number of hydrogen-bond donors (Lipinski definition) is 0. The van der Waals surface area contributed by atoms with Crippen molar-refractivity contribution in [3.8, 4) is 11.1 Å². The van der Waals surface area contributed by atoms with Gasteiger partial charge < -0.3 is 0 Å². The van der Waals surface area contributed by atoms with Crippen LogP contribution in [0.3, 0.4) is 0 Å². The molecule has 0 bridgehead atoms. The third-order valence-electron chi connectivity index (χ3n) is 8.92. The third-order valence-corrected chi connectivity index (χ3v) is 13.4. The second kappa shape index (κ2) is 8.52. The average Bonchev–Trinajstić information content (AvgIpc) is 3.26. The Balaban J connectivity index is 1.85. The molecular formula is C33H44Si. The highest BCUT2D eigenvalue weighted by molar-refractivity contribution is 6.82. The summed E-state index contributed by atoms with van der Waals surface area (Å²) >= 11 is 0. The van der Waals surface area contributed by atoms with Gasteiger partial charge in [0.25, 0.3) is 0 Å². The molecule has 0 aromatic heterocycles. The molecule has 0 amide bonds. The maximum atomic E-state index is 2.65. The second-order valence-corrected chi connectivity index (χ2v) is 17.5. The van der Waals surface area contributed by atoms with Gasteiger partial charge in [0, 0.05) is 5.54 Å². The minimum atomic E-state index is -1.77. The summed E-state index contributed by atoms with van der Waals surface area (Å²) in [6.07, 6.45) is 2.57. The largest absolute Gasteiger partial charge is 0.0718 e. The first-order valence-electron chi connectivity index (χ1n) is 13.1. The Morgan fingerprint density at radius 1 is 0.765 bits per heavy atom. The summed E-state index contributed by atoms with van der Waals surface area (Å²) in [5.74, 6) is 0.553. The Kier molecular flexibility index (Phi) is 6.26. The molecule has 0 fully saturated rings. The first-order chi connectivity index (χ1) is 15.8. The van der Waals surface area contributed by atoms with E-state index in [0.29, 0.717) is 17.0 Å². The molecular weight excluding hydrogens is 424 g/mol. The minimum absolute atomic E-state index is 0.177. The van der Waals surface area contributed by atoms with Crippen molar-refractivity contribution >= 4 is 14.1 Å². The van der Waals surface area contributed by atoms with Gasteiger partial charge in [0.2, 0.25) is 0 Å². The third kappa shape index (κ3) is 3.90. The van der Waals surface area contributed by atoms with Crippen molar-refractivity contribution in [1.82, 2.24) is 0 Å². The van der Waals surface area contributed by atoms with E-state index in [9.17, 15) is 0 Å². The number of fused-ring (bicyclic) bond motifs is 1. The summed E-state index contributed by atoms with van der Waals surface area (Å²) in [5.41, 5.74) is 16.5. The summed E-state index contributed by atoms with van der Waals surface area (Å²) in [7, 11) is -1.77. The Hall–Kier alpha value is -2.12. The van der Waals surface area contributed by atoms with E-state index in [1.807, 2.05) is 0 Å². The van der Waals surface area contributed by atoms with Crippen molar-refractivity contribution in [2.24, 2.45) is 5.92 Å². The lowest BCUT2D eigenvalue weighted by atomic mass is 9.86. The van der Waals surface area contributed by atoms with Crippen LogP contribution in [0.15, 0.2) is 70.3 Å². The van der Waals surface area contributed by atoms with Gasteiger partial charge in [-0.2, -0.15) is 0 Å². The van der Waals surface area contributed by atoms with E-state index < -0.39 is 8.07 Å². The van der Waals surface area contributed by atoms with Crippen LogP contribution >= 0.6 is 0 Å². The predicted molar refractivity (Wildman–Crippen MR) is 154 cm³/mol. The van der Waals surface area contributed by atoms with E-state index in [-0.39, 0.29) is 5.41 Å². The molecule has 0 saturated heterocycles. The van der Waals surface area contributed by atoms with Crippen LogP contribution in [0.2, 0.25) is 18.6 Å². The number of allylic oxidation sites excluding steroid dienone is 5. The Labute approximate surface area is 209 Å². The summed E-state index contributed by atoms with van der Waals surface area (Å²) in [6, 6.07) is 16.4. The van der Waals surface area contributed by atoms with Gasteiger partial charge in [-0.15, -0.1) is 0 Å². The van der Waals surface area contributed by atoms with Crippen molar-refractivity contribution in [2.75, 3.05) is 0 Å². The Bertz CT molecular complexity index is 1180. The van der Waals surface area contributed by atoms with Crippen molar-refractivity contribution in [1.29, 1.82) is 0 Å². The minimum Gasteiger partial charge on any atom is -0.0679 e. The maximum Gasteiger partial charge on any atom is 0.0718 e. The summed E-state index contributed by atoms with van der Waals surface area (Å²) < 4.78 is 0. The average molecular weight is 469 g/mol. The zero-order valence-electron chi connectivity index (χ0n) is 23.4. The lowest BCUT2D eigenvalue weighted by Crippen LogP contribution is -2.42. The zero-order valence-corrected chi connectivity index (χ0v) is 24.4. The molecule has 1 heteroatoms. The number of benzene rings is 2.